The first kappa shape index (κ1) is 36.3. The lowest BCUT2D eigenvalue weighted by atomic mass is 9.90. The minimum Gasteiger partial charge on any atom is -0.460 e. The Bertz CT molecular complexity index is 1250. The highest BCUT2D eigenvalue weighted by Crippen LogP contribution is 2.24. The maximum absolute atomic E-state index is 13.0. The molecule has 0 spiro atoms. The molecule has 2 rings (SSSR count). The first-order chi connectivity index (χ1) is 20.8. The van der Waals surface area contributed by atoms with Gasteiger partial charge >= 0.3 is 5.97 Å². The number of hydrogen-bond donors (Lipinski definition) is 3. The van der Waals surface area contributed by atoms with Gasteiger partial charge in [0.15, 0.2) is 5.78 Å². The van der Waals surface area contributed by atoms with Crippen LogP contribution in [0.15, 0.2) is 71.5 Å². The van der Waals surface area contributed by atoms with Crippen molar-refractivity contribution in [3.8, 4) is 0 Å². The van der Waals surface area contributed by atoms with Crippen LogP contribution in [0, 0.1) is 11.8 Å². The molecule has 44 heavy (non-hydrogen) atoms. The second-order valence-corrected chi connectivity index (χ2v) is 11.6. The van der Waals surface area contributed by atoms with Gasteiger partial charge in [-0.05, 0) is 44.3 Å². The molecule has 2 bridgehead atoms. The summed E-state index contributed by atoms with van der Waals surface area (Å²) in [5.74, 6) is -2.52. The monoisotopic (exact) mass is 610 g/mol. The van der Waals surface area contributed by atoms with Crippen LogP contribution in [-0.2, 0) is 33.4 Å². The smallest absolute Gasteiger partial charge is 0.328 e. The number of hydrogen-bond acceptors (Lipinski definition) is 8. The molecule has 240 valence electrons. The normalized spacial score (nSPS) is 28.2. The van der Waals surface area contributed by atoms with Crippen LogP contribution in [-0.4, -0.2) is 65.9 Å². The van der Waals surface area contributed by atoms with Crippen molar-refractivity contribution in [3.05, 3.63) is 71.5 Å². The Morgan fingerprint density at radius 1 is 1.09 bits per heavy atom. The molecule has 0 radical (unpaired) electrons. The topological polar surface area (TPSA) is 148 Å². The molecule has 5 atom stereocenters. The maximum atomic E-state index is 13.0. The first-order valence-corrected chi connectivity index (χ1v) is 15.0. The van der Waals surface area contributed by atoms with Gasteiger partial charge in [0.25, 0.3) is 0 Å². The molecule has 10 heteroatoms. The largest absolute Gasteiger partial charge is 0.460 e. The van der Waals surface area contributed by atoms with E-state index in [2.05, 4.69) is 10.6 Å². The number of aliphatic hydroxyl groups is 1. The molecule has 3 N–H and O–H groups in total. The van der Waals surface area contributed by atoms with Crippen molar-refractivity contribution >= 4 is 29.4 Å². The Kier molecular flexibility index (Phi) is 14.9. The van der Waals surface area contributed by atoms with Crippen molar-refractivity contribution in [2.75, 3.05) is 7.11 Å². The van der Waals surface area contributed by atoms with Crippen molar-refractivity contribution in [2.45, 2.75) is 91.1 Å². The number of Topliss-reactive ketones (excluding diaryl/α,β-unsaturated/α-hetero) is 1. The van der Waals surface area contributed by atoms with E-state index < -0.39 is 53.7 Å². The second-order valence-electron chi connectivity index (χ2n) is 11.6. The fourth-order valence-corrected chi connectivity index (χ4v) is 4.71. The van der Waals surface area contributed by atoms with E-state index >= 15 is 0 Å². The van der Waals surface area contributed by atoms with E-state index in [-0.39, 0.29) is 42.4 Å². The average molecular weight is 611 g/mol. The summed E-state index contributed by atoms with van der Waals surface area (Å²) in [6.45, 7) is 8.91. The number of aliphatic hydroxyl groups excluding tert-OH is 1. The number of methoxy groups -OCH3 is 1. The van der Waals surface area contributed by atoms with Crippen LogP contribution in [0.1, 0.15) is 66.7 Å². The van der Waals surface area contributed by atoms with Gasteiger partial charge in [-0.15, -0.1) is 0 Å². The summed E-state index contributed by atoms with van der Waals surface area (Å²) in [7, 11) is 1.46. The summed E-state index contributed by atoms with van der Waals surface area (Å²) in [6, 6.07) is -0.862. The summed E-state index contributed by atoms with van der Waals surface area (Å²) in [4.78, 5) is 63.0. The molecule has 10 nitrogen and oxygen atoms in total. The minimum atomic E-state index is -0.974. The summed E-state index contributed by atoms with van der Waals surface area (Å²) in [5.41, 5.74) is 0.784. The van der Waals surface area contributed by atoms with Gasteiger partial charge in [0, 0.05) is 37.5 Å². The fourth-order valence-electron chi connectivity index (χ4n) is 4.71. The molecule has 0 saturated heterocycles. The number of ketones is 2. The predicted octanol–water partition coefficient (Wildman–Crippen LogP) is 3.73. The van der Waals surface area contributed by atoms with Crippen molar-refractivity contribution in [1.29, 1.82) is 0 Å². The van der Waals surface area contributed by atoms with Gasteiger partial charge in [-0.25, -0.2) is 4.79 Å². The average Bonchev–Trinajstić information content (AvgIpc) is 2.95. The van der Waals surface area contributed by atoms with Crippen LogP contribution in [0.3, 0.4) is 0 Å². The van der Waals surface area contributed by atoms with E-state index in [1.54, 1.807) is 57.2 Å². The molecule has 1 aliphatic carbocycles. The van der Waals surface area contributed by atoms with Gasteiger partial charge in [-0.3, -0.25) is 19.2 Å². The highest BCUT2D eigenvalue weighted by molar-refractivity contribution is 6.21. The van der Waals surface area contributed by atoms with E-state index in [9.17, 15) is 29.1 Å². The molecule has 0 fully saturated rings. The van der Waals surface area contributed by atoms with Crippen molar-refractivity contribution < 1.29 is 38.6 Å². The maximum Gasteiger partial charge on any atom is 0.328 e. The summed E-state index contributed by atoms with van der Waals surface area (Å²) >= 11 is 0. The number of fused-ring (bicyclic) bond motifs is 2. The molecule has 0 aromatic rings. The number of rotatable bonds is 6. The first-order valence-electron chi connectivity index (χ1n) is 15.0. The Labute approximate surface area is 260 Å². The molecule has 2 aliphatic rings. The van der Waals surface area contributed by atoms with E-state index in [1.165, 1.54) is 13.2 Å². The summed E-state index contributed by atoms with van der Waals surface area (Å²) < 4.78 is 11.2. The molecule has 1 heterocycles. The van der Waals surface area contributed by atoms with Crippen molar-refractivity contribution in [2.24, 2.45) is 11.8 Å². The molecular weight excluding hydrogens is 564 g/mol. The number of ether oxygens (including phenoxy) is 2. The highest BCUT2D eigenvalue weighted by atomic mass is 16.5. The quantitative estimate of drug-likeness (QED) is 0.234. The van der Waals surface area contributed by atoms with E-state index in [1.807, 2.05) is 19.9 Å². The zero-order valence-electron chi connectivity index (χ0n) is 26.5. The number of carbonyl (C=O) groups is 5. The third kappa shape index (κ3) is 12.0. The Morgan fingerprint density at radius 3 is 2.48 bits per heavy atom. The summed E-state index contributed by atoms with van der Waals surface area (Å²) in [6.07, 6.45) is 13.5. The minimum absolute atomic E-state index is 0.0599. The second kappa shape index (κ2) is 18.0. The molecular formula is C34H46N2O8. The molecule has 1 aliphatic heterocycles. The fraction of sp³-hybridized carbons (Fsp3) is 0.500. The summed E-state index contributed by atoms with van der Waals surface area (Å²) in [5, 5.41) is 16.4. The van der Waals surface area contributed by atoms with Crippen LogP contribution < -0.4 is 10.6 Å². The van der Waals surface area contributed by atoms with Crippen LogP contribution in [0.5, 0.6) is 0 Å². The Morgan fingerprint density at radius 2 is 1.80 bits per heavy atom. The molecule has 0 aromatic carbocycles. The van der Waals surface area contributed by atoms with Gasteiger partial charge in [0.05, 0.1) is 24.3 Å². The van der Waals surface area contributed by atoms with Crippen LogP contribution in [0.4, 0.5) is 0 Å². The molecule has 0 saturated carbocycles. The van der Waals surface area contributed by atoms with Gasteiger partial charge in [0.2, 0.25) is 17.6 Å². The number of allylic oxidation sites excluding steroid dienone is 8. The number of carbonyl (C=O) groups excluding carboxylic acids is 5. The molecule has 5 unspecified atom stereocenters. The van der Waals surface area contributed by atoms with Crippen molar-refractivity contribution in [3.63, 3.8) is 0 Å². The van der Waals surface area contributed by atoms with Gasteiger partial charge in [-0.2, -0.15) is 0 Å². The van der Waals surface area contributed by atoms with Crippen LogP contribution in [0.25, 0.3) is 0 Å². The van der Waals surface area contributed by atoms with Gasteiger partial charge < -0.3 is 25.2 Å². The van der Waals surface area contributed by atoms with Gasteiger partial charge in [0.1, 0.15) is 12.1 Å². The molecule has 0 aromatic heterocycles. The van der Waals surface area contributed by atoms with Crippen LogP contribution >= 0.6 is 0 Å². The number of esters is 1. The van der Waals surface area contributed by atoms with E-state index in [0.717, 1.165) is 6.08 Å². The zero-order chi connectivity index (χ0) is 32.8. The van der Waals surface area contributed by atoms with Crippen molar-refractivity contribution in [1.82, 2.24) is 10.6 Å². The lowest BCUT2D eigenvalue weighted by molar-refractivity contribution is -0.156. The highest BCUT2D eigenvalue weighted by Gasteiger charge is 2.30. The number of nitrogens with one attached hydrogen (secondary N) is 2. The third-order valence-electron chi connectivity index (χ3n) is 7.29. The lowest BCUT2D eigenvalue weighted by Crippen LogP contribution is -2.43. The third-order valence-corrected chi connectivity index (χ3v) is 7.29. The van der Waals surface area contributed by atoms with Gasteiger partial charge in [-0.1, -0.05) is 63.3 Å². The molecule has 2 amide bonds. The lowest BCUT2D eigenvalue weighted by Gasteiger charge is -2.29. The zero-order valence-corrected chi connectivity index (χ0v) is 26.5. The van der Waals surface area contributed by atoms with Crippen LogP contribution in [0.2, 0.25) is 0 Å². The number of amides is 2. The SMILES string of the molecule is COC1/C=C/C=C/C=C/CC(OC(=O)C(C)NC(=O)CC(C)C)C(C)C(O)/C(C)=C\CCC2=CC(=O)C=C(NC(=O)C1)C2=O. The Balaban J connectivity index is 2.31. The van der Waals surface area contributed by atoms with E-state index in [4.69, 9.17) is 9.47 Å². The Hall–Kier alpha value is -3.89. The standard InChI is InChI=1S/C34H46N2O8/c1-21(2)17-30(38)35-24(5)34(42)44-29-16-11-9-7-8-10-15-27(43-6)20-31(39)36-28-19-26(37)18-25(33(28)41)14-12-13-22(3)32(40)23(29)4/h7-11,13,15,18-19,21,23-24,27,29,32,40H,12,14,16-17,20H2,1-6H3,(H,35,38)(H,36,39)/b8-7+,11-9+,15-10+,22-13-. The van der Waals surface area contributed by atoms with E-state index in [0.29, 0.717) is 18.4 Å². The predicted molar refractivity (Wildman–Crippen MR) is 167 cm³/mol.